The summed E-state index contributed by atoms with van der Waals surface area (Å²) < 4.78 is 33.4. The lowest BCUT2D eigenvalue weighted by Gasteiger charge is -2.32. The summed E-state index contributed by atoms with van der Waals surface area (Å²) in [5.41, 5.74) is 2.43. The summed E-state index contributed by atoms with van der Waals surface area (Å²) in [5.74, 6) is -2.76. The van der Waals surface area contributed by atoms with Gasteiger partial charge < -0.3 is 9.32 Å². The molecule has 1 aliphatic rings. The van der Waals surface area contributed by atoms with Crippen LogP contribution in [0.15, 0.2) is 45.6 Å². The maximum atomic E-state index is 13.4. The molecule has 3 aromatic rings. The van der Waals surface area contributed by atoms with Crippen LogP contribution in [0.5, 0.6) is 0 Å². The van der Waals surface area contributed by atoms with Crippen molar-refractivity contribution in [3.8, 4) is 0 Å². The van der Waals surface area contributed by atoms with Crippen molar-refractivity contribution in [2.45, 2.75) is 25.8 Å². The zero-order valence-electron chi connectivity index (χ0n) is 14.7. The maximum Gasteiger partial charge on any atom is 0.420 e. The molecule has 1 fully saturated rings. The second kappa shape index (κ2) is 6.64. The summed E-state index contributed by atoms with van der Waals surface area (Å²) in [6.45, 7) is 2.78. The fourth-order valence-corrected chi connectivity index (χ4v) is 3.63. The van der Waals surface area contributed by atoms with Gasteiger partial charge in [-0.2, -0.15) is 0 Å². The predicted molar refractivity (Wildman–Crippen MR) is 95.7 cm³/mol. The molecule has 140 valence electrons. The molecule has 0 saturated carbocycles. The standard InChI is InChI=1S/C20H18F2N2O3/c1-12-2-5-17-18(10-12)27-20(26)24(17)14-6-8-23(9-7-14)19(25)13-3-4-15(21)16(22)11-13/h2-5,10-11,14H,6-9H2,1H3. The minimum atomic E-state index is -1.04. The first-order chi connectivity index (χ1) is 12.9. The number of piperidine rings is 1. The van der Waals surface area contributed by atoms with E-state index in [2.05, 4.69) is 0 Å². The van der Waals surface area contributed by atoms with Crippen LogP contribution in [0.2, 0.25) is 0 Å². The Kier molecular flexibility index (Phi) is 4.30. The predicted octanol–water partition coefficient (Wildman–Crippen LogP) is 3.66. The molecule has 1 saturated heterocycles. The van der Waals surface area contributed by atoms with Gasteiger partial charge in [0.1, 0.15) is 0 Å². The highest BCUT2D eigenvalue weighted by Crippen LogP contribution is 2.27. The van der Waals surface area contributed by atoms with Gasteiger partial charge in [0.05, 0.1) is 5.52 Å². The van der Waals surface area contributed by atoms with E-state index in [1.165, 1.54) is 6.07 Å². The summed E-state index contributed by atoms with van der Waals surface area (Å²) >= 11 is 0. The van der Waals surface area contributed by atoms with E-state index in [-0.39, 0.29) is 17.5 Å². The zero-order chi connectivity index (χ0) is 19.1. The number of likely N-dealkylation sites (tertiary alicyclic amines) is 1. The molecule has 1 aromatic heterocycles. The van der Waals surface area contributed by atoms with Gasteiger partial charge in [0.25, 0.3) is 5.91 Å². The van der Waals surface area contributed by atoms with Gasteiger partial charge in [-0.05, 0) is 55.7 Å². The van der Waals surface area contributed by atoms with E-state index in [0.717, 1.165) is 23.2 Å². The highest BCUT2D eigenvalue weighted by atomic mass is 19.2. The minimum Gasteiger partial charge on any atom is -0.408 e. The van der Waals surface area contributed by atoms with Crippen LogP contribution in [-0.4, -0.2) is 28.5 Å². The van der Waals surface area contributed by atoms with Gasteiger partial charge >= 0.3 is 5.76 Å². The molecule has 0 aliphatic carbocycles. The van der Waals surface area contributed by atoms with E-state index < -0.39 is 17.4 Å². The van der Waals surface area contributed by atoms with Crippen LogP contribution >= 0.6 is 0 Å². The fourth-order valence-electron chi connectivity index (χ4n) is 3.63. The van der Waals surface area contributed by atoms with Crippen LogP contribution in [0.4, 0.5) is 8.78 Å². The Hall–Kier alpha value is -2.96. The molecule has 7 heteroatoms. The second-order valence-electron chi connectivity index (χ2n) is 6.86. The van der Waals surface area contributed by atoms with Crippen molar-refractivity contribution in [1.82, 2.24) is 9.47 Å². The number of benzene rings is 2. The van der Waals surface area contributed by atoms with Gasteiger partial charge in [-0.3, -0.25) is 9.36 Å². The number of carbonyl (C=O) groups excluding carboxylic acids is 1. The van der Waals surface area contributed by atoms with Crippen molar-refractivity contribution in [3.63, 3.8) is 0 Å². The van der Waals surface area contributed by atoms with Crippen molar-refractivity contribution in [2.24, 2.45) is 0 Å². The van der Waals surface area contributed by atoms with Gasteiger partial charge in [0, 0.05) is 24.7 Å². The van der Waals surface area contributed by atoms with E-state index >= 15 is 0 Å². The van der Waals surface area contributed by atoms with E-state index in [1.54, 1.807) is 9.47 Å². The third kappa shape index (κ3) is 3.13. The van der Waals surface area contributed by atoms with Crippen molar-refractivity contribution >= 4 is 17.0 Å². The number of oxazole rings is 1. The van der Waals surface area contributed by atoms with Crippen LogP contribution in [0.1, 0.15) is 34.8 Å². The van der Waals surface area contributed by atoms with E-state index in [1.807, 2.05) is 25.1 Å². The molecule has 5 nitrogen and oxygen atoms in total. The van der Waals surface area contributed by atoms with Crippen LogP contribution < -0.4 is 5.76 Å². The number of halogens is 2. The van der Waals surface area contributed by atoms with E-state index in [4.69, 9.17) is 4.42 Å². The lowest BCUT2D eigenvalue weighted by molar-refractivity contribution is 0.0693. The van der Waals surface area contributed by atoms with Gasteiger partial charge in [-0.15, -0.1) is 0 Å². The summed E-state index contributed by atoms with van der Waals surface area (Å²) in [4.78, 5) is 26.4. The number of hydrogen-bond donors (Lipinski definition) is 0. The molecule has 2 heterocycles. The Morgan fingerprint density at radius 1 is 1.07 bits per heavy atom. The number of hydrogen-bond acceptors (Lipinski definition) is 3. The Labute approximate surface area is 153 Å². The molecular weight excluding hydrogens is 354 g/mol. The molecule has 1 amide bonds. The molecule has 0 radical (unpaired) electrons. The van der Waals surface area contributed by atoms with Crippen LogP contribution in [-0.2, 0) is 0 Å². The van der Waals surface area contributed by atoms with Crippen LogP contribution in [0.3, 0.4) is 0 Å². The summed E-state index contributed by atoms with van der Waals surface area (Å²) in [7, 11) is 0. The number of rotatable bonds is 2. The lowest BCUT2D eigenvalue weighted by Crippen LogP contribution is -2.40. The molecule has 0 atom stereocenters. The van der Waals surface area contributed by atoms with E-state index in [0.29, 0.717) is 31.5 Å². The first-order valence-electron chi connectivity index (χ1n) is 8.80. The molecule has 4 rings (SSSR count). The molecule has 27 heavy (non-hydrogen) atoms. The van der Waals surface area contributed by atoms with Gasteiger partial charge in [0.2, 0.25) is 0 Å². The Bertz CT molecular complexity index is 1080. The topological polar surface area (TPSA) is 55.5 Å². The molecule has 1 aliphatic heterocycles. The first-order valence-corrected chi connectivity index (χ1v) is 8.80. The summed E-state index contributed by atoms with van der Waals surface area (Å²) in [5, 5.41) is 0. The molecule has 0 bridgehead atoms. The van der Waals surface area contributed by atoms with Crippen LogP contribution in [0.25, 0.3) is 11.1 Å². The Balaban J connectivity index is 1.52. The normalized spacial score (nSPS) is 15.4. The molecule has 0 spiro atoms. The molecule has 0 N–H and O–H groups in total. The third-order valence-corrected chi connectivity index (χ3v) is 5.05. The second-order valence-corrected chi connectivity index (χ2v) is 6.86. The van der Waals surface area contributed by atoms with Crippen LogP contribution in [0, 0.1) is 18.6 Å². The van der Waals surface area contributed by atoms with E-state index in [9.17, 15) is 18.4 Å². The monoisotopic (exact) mass is 372 g/mol. The summed E-state index contributed by atoms with van der Waals surface area (Å²) in [6, 6.07) is 8.70. The lowest BCUT2D eigenvalue weighted by atomic mass is 10.0. The average molecular weight is 372 g/mol. The molecule has 2 aromatic carbocycles. The highest BCUT2D eigenvalue weighted by molar-refractivity contribution is 5.94. The van der Waals surface area contributed by atoms with Gasteiger partial charge in [-0.25, -0.2) is 13.6 Å². The quantitative estimate of drug-likeness (QED) is 0.690. The fraction of sp³-hybridized carbons (Fsp3) is 0.300. The zero-order valence-corrected chi connectivity index (χ0v) is 14.7. The Morgan fingerprint density at radius 2 is 1.81 bits per heavy atom. The van der Waals surface area contributed by atoms with Crippen molar-refractivity contribution in [3.05, 3.63) is 69.7 Å². The Morgan fingerprint density at radius 3 is 2.52 bits per heavy atom. The molecular formula is C20H18F2N2O3. The number of aryl methyl sites for hydroxylation is 1. The number of aromatic nitrogens is 1. The smallest absolute Gasteiger partial charge is 0.408 e. The number of carbonyl (C=O) groups is 1. The highest BCUT2D eigenvalue weighted by Gasteiger charge is 2.27. The van der Waals surface area contributed by atoms with Crippen molar-refractivity contribution in [1.29, 1.82) is 0 Å². The van der Waals surface area contributed by atoms with Gasteiger partial charge in [-0.1, -0.05) is 6.07 Å². The largest absolute Gasteiger partial charge is 0.420 e. The first kappa shape index (κ1) is 17.5. The summed E-state index contributed by atoms with van der Waals surface area (Å²) in [6.07, 6.45) is 1.16. The van der Waals surface area contributed by atoms with Crippen molar-refractivity contribution in [2.75, 3.05) is 13.1 Å². The third-order valence-electron chi connectivity index (χ3n) is 5.05. The number of fused-ring (bicyclic) bond motifs is 1. The number of nitrogens with zero attached hydrogens (tertiary/aromatic N) is 2. The van der Waals surface area contributed by atoms with Crippen molar-refractivity contribution < 1.29 is 18.0 Å². The molecule has 0 unspecified atom stereocenters. The SMILES string of the molecule is Cc1ccc2c(c1)oc(=O)n2C1CCN(C(=O)c2ccc(F)c(F)c2)CC1. The maximum absolute atomic E-state index is 13.4. The number of amides is 1. The average Bonchev–Trinajstić information content (AvgIpc) is 2.98. The minimum absolute atomic E-state index is 0.0736. The van der Waals surface area contributed by atoms with Gasteiger partial charge in [0.15, 0.2) is 17.2 Å².